The first kappa shape index (κ1) is 14.5. The van der Waals surface area contributed by atoms with Gasteiger partial charge in [0.1, 0.15) is 18.3 Å². The summed E-state index contributed by atoms with van der Waals surface area (Å²) in [6.07, 6.45) is -0.925. The molecule has 0 amide bonds. The topological polar surface area (TPSA) is 91.9 Å². The number of aliphatic hydroxyl groups is 1. The van der Waals surface area contributed by atoms with Crippen molar-refractivity contribution >= 4 is 0 Å². The number of aromatic nitrogens is 2. The first-order valence-corrected chi connectivity index (χ1v) is 6.74. The second-order valence-corrected chi connectivity index (χ2v) is 5.72. The molecule has 0 unspecified atom stereocenters. The molecule has 8 nitrogen and oxygen atoms in total. The third-order valence-electron chi connectivity index (χ3n) is 3.80. The molecule has 21 heavy (non-hydrogen) atoms. The standard InChI is InChI=1S/C13H18N2O6/c1-13(2)20-9-7(6-16)19-11(10(9)21-13)15-5-4-8(17)14(3)12(15)18/h4-5,7,9-11,16H,6H2,1-3H3/t7-,9-,10-,11-/m1/s1. The zero-order valence-electron chi connectivity index (χ0n) is 12.1. The van der Waals surface area contributed by atoms with Gasteiger partial charge in [-0.2, -0.15) is 0 Å². The molecule has 116 valence electrons. The van der Waals surface area contributed by atoms with E-state index >= 15 is 0 Å². The normalized spacial score (nSPS) is 34.1. The minimum atomic E-state index is -0.810. The van der Waals surface area contributed by atoms with Gasteiger partial charge in [0.2, 0.25) is 0 Å². The number of nitrogens with zero attached hydrogens (tertiary/aromatic N) is 2. The summed E-state index contributed by atoms with van der Waals surface area (Å²) in [6.45, 7) is 3.29. The highest BCUT2D eigenvalue weighted by molar-refractivity contribution is 4.99. The van der Waals surface area contributed by atoms with Crippen LogP contribution in [0.25, 0.3) is 0 Å². The van der Waals surface area contributed by atoms with Crippen molar-refractivity contribution in [2.45, 2.75) is 44.2 Å². The fourth-order valence-electron chi connectivity index (χ4n) is 2.81. The lowest BCUT2D eigenvalue weighted by atomic mass is 10.1. The number of aliphatic hydroxyl groups excluding tert-OH is 1. The Morgan fingerprint density at radius 2 is 1.95 bits per heavy atom. The van der Waals surface area contributed by atoms with Gasteiger partial charge < -0.3 is 19.3 Å². The summed E-state index contributed by atoms with van der Waals surface area (Å²) in [4.78, 5) is 23.7. The van der Waals surface area contributed by atoms with Crippen LogP contribution in [0.5, 0.6) is 0 Å². The molecule has 2 saturated heterocycles. The molecule has 0 aliphatic carbocycles. The van der Waals surface area contributed by atoms with Gasteiger partial charge in [-0.05, 0) is 13.8 Å². The highest BCUT2D eigenvalue weighted by Crippen LogP contribution is 2.42. The first-order chi connectivity index (χ1) is 9.84. The minimum absolute atomic E-state index is 0.238. The first-order valence-electron chi connectivity index (χ1n) is 6.74. The third-order valence-corrected chi connectivity index (χ3v) is 3.80. The molecule has 0 aromatic carbocycles. The molecule has 2 aliphatic rings. The smallest absolute Gasteiger partial charge is 0.332 e. The van der Waals surface area contributed by atoms with Crippen LogP contribution in [0, 0.1) is 0 Å². The van der Waals surface area contributed by atoms with Gasteiger partial charge in [0.05, 0.1) is 6.61 Å². The molecule has 8 heteroatoms. The summed E-state index contributed by atoms with van der Waals surface area (Å²) in [5.74, 6) is -0.810. The van der Waals surface area contributed by atoms with Crippen molar-refractivity contribution in [1.82, 2.24) is 9.13 Å². The summed E-state index contributed by atoms with van der Waals surface area (Å²) >= 11 is 0. The number of hydrogen-bond donors (Lipinski definition) is 1. The van der Waals surface area contributed by atoms with Gasteiger partial charge in [-0.15, -0.1) is 0 Å². The summed E-state index contributed by atoms with van der Waals surface area (Å²) in [6, 6.07) is 1.28. The molecule has 0 saturated carbocycles. The van der Waals surface area contributed by atoms with Crippen molar-refractivity contribution in [3.05, 3.63) is 33.1 Å². The maximum absolute atomic E-state index is 12.2. The van der Waals surface area contributed by atoms with Gasteiger partial charge in [-0.1, -0.05) is 0 Å². The van der Waals surface area contributed by atoms with Crippen LogP contribution in [0.3, 0.4) is 0 Å². The van der Waals surface area contributed by atoms with Crippen LogP contribution in [0.4, 0.5) is 0 Å². The average Bonchev–Trinajstić information content (AvgIpc) is 2.90. The summed E-state index contributed by atoms with van der Waals surface area (Å²) in [7, 11) is 1.40. The van der Waals surface area contributed by atoms with Crippen LogP contribution < -0.4 is 11.2 Å². The molecule has 4 atom stereocenters. The van der Waals surface area contributed by atoms with Crippen LogP contribution in [0.1, 0.15) is 20.1 Å². The number of fused-ring (bicyclic) bond motifs is 1. The molecule has 0 radical (unpaired) electrons. The van der Waals surface area contributed by atoms with E-state index in [2.05, 4.69) is 0 Å². The molecular weight excluding hydrogens is 280 g/mol. The molecule has 1 aromatic rings. The summed E-state index contributed by atoms with van der Waals surface area (Å²) < 4.78 is 19.5. The van der Waals surface area contributed by atoms with Crippen LogP contribution in [0.15, 0.2) is 21.9 Å². The number of ether oxygens (including phenoxy) is 3. The summed E-state index contributed by atoms with van der Waals surface area (Å²) in [5.41, 5.74) is -0.897. The Morgan fingerprint density at radius 3 is 2.62 bits per heavy atom. The zero-order chi connectivity index (χ0) is 15.4. The molecule has 2 aliphatic heterocycles. The van der Waals surface area contributed by atoms with Crippen molar-refractivity contribution in [3.8, 4) is 0 Å². The molecule has 1 N–H and O–H groups in total. The van der Waals surface area contributed by atoms with Crippen LogP contribution in [-0.2, 0) is 21.3 Å². The maximum Gasteiger partial charge on any atom is 0.332 e. The Labute approximate surface area is 120 Å². The van der Waals surface area contributed by atoms with E-state index in [0.717, 1.165) is 4.57 Å². The predicted molar refractivity (Wildman–Crippen MR) is 70.8 cm³/mol. The van der Waals surface area contributed by atoms with Gasteiger partial charge in [0.15, 0.2) is 12.0 Å². The van der Waals surface area contributed by atoms with E-state index in [1.54, 1.807) is 13.8 Å². The third kappa shape index (κ3) is 2.24. The Balaban J connectivity index is 2.02. The minimum Gasteiger partial charge on any atom is -0.394 e. The zero-order valence-corrected chi connectivity index (χ0v) is 12.1. The second kappa shape index (κ2) is 4.77. The van der Waals surface area contributed by atoms with Crippen molar-refractivity contribution < 1.29 is 19.3 Å². The van der Waals surface area contributed by atoms with Crippen molar-refractivity contribution in [3.63, 3.8) is 0 Å². The Hall–Kier alpha value is -1.48. The molecule has 2 fully saturated rings. The SMILES string of the molecule is Cn1c(=O)ccn([C@@H]2O[C@H](CO)[C@H]3OC(C)(C)O[C@H]32)c1=O. The molecule has 0 spiro atoms. The highest BCUT2D eigenvalue weighted by atomic mass is 16.8. The van der Waals surface area contributed by atoms with Crippen LogP contribution in [-0.4, -0.2) is 44.9 Å². The van der Waals surface area contributed by atoms with Gasteiger partial charge >= 0.3 is 5.69 Å². The summed E-state index contributed by atoms with van der Waals surface area (Å²) in [5, 5.41) is 9.41. The molecule has 1 aromatic heterocycles. The Kier molecular flexibility index (Phi) is 3.28. The average molecular weight is 298 g/mol. The van der Waals surface area contributed by atoms with E-state index in [4.69, 9.17) is 14.2 Å². The predicted octanol–water partition coefficient (Wildman–Crippen LogP) is -1.04. The maximum atomic E-state index is 12.2. The van der Waals surface area contributed by atoms with Crippen molar-refractivity contribution in [2.75, 3.05) is 6.61 Å². The van der Waals surface area contributed by atoms with E-state index < -0.39 is 41.6 Å². The number of hydrogen-bond acceptors (Lipinski definition) is 6. The molecule has 3 rings (SSSR count). The molecular formula is C13H18N2O6. The second-order valence-electron chi connectivity index (χ2n) is 5.72. The van der Waals surface area contributed by atoms with Crippen molar-refractivity contribution in [1.29, 1.82) is 0 Å². The number of rotatable bonds is 2. The Bertz CT molecular complexity index is 663. The van der Waals surface area contributed by atoms with Crippen LogP contribution in [0.2, 0.25) is 0 Å². The molecule has 3 heterocycles. The largest absolute Gasteiger partial charge is 0.394 e. The van der Waals surface area contributed by atoms with Gasteiger partial charge in [0.25, 0.3) is 5.56 Å². The fraction of sp³-hybridized carbons (Fsp3) is 0.692. The highest BCUT2D eigenvalue weighted by Gasteiger charge is 2.55. The van der Waals surface area contributed by atoms with Gasteiger partial charge in [-0.25, -0.2) is 4.79 Å². The van der Waals surface area contributed by atoms with E-state index in [1.807, 2.05) is 0 Å². The van der Waals surface area contributed by atoms with Crippen molar-refractivity contribution in [2.24, 2.45) is 7.05 Å². The van der Waals surface area contributed by atoms with E-state index in [9.17, 15) is 14.7 Å². The fourth-order valence-corrected chi connectivity index (χ4v) is 2.81. The molecule has 0 bridgehead atoms. The van der Waals surface area contributed by atoms with Crippen LogP contribution >= 0.6 is 0 Å². The van der Waals surface area contributed by atoms with E-state index in [1.165, 1.54) is 23.9 Å². The monoisotopic (exact) mass is 298 g/mol. The van der Waals surface area contributed by atoms with E-state index in [0.29, 0.717) is 0 Å². The quantitative estimate of drug-likeness (QED) is 0.749. The Morgan fingerprint density at radius 1 is 1.29 bits per heavy atom. The van der Waals surface area contributed by atoms with Gasteiger partial charge in [-0.3, -0.25) is 13.9 Å². The lowest BCUT2D eigenvalue weighted by Crippen LogP contribution is -2.41. The van der Waals surface area contributed by atoms with E-state index in [-0.39, 0.29) is 6.61 Å². The lowest BCUT2D eigenvalue weighted by molar-refractivity contribution is -0.200. The van der Waals surface area contributed by atoms with Gasteiger partial charge in [0, 0.05) is 19.3 Å². The lowest BCUT2D eigenvalue weighted by Gasteiger charge is -2.24.